The molecular weight excluding hydrogens is 427 g/mol. The predicted molar refractivity (Wildman–Crippen MR) is 108 cm³/mol. The molecule has 10 heteroatoms. The standard InChI is InChI=1S/C21H12ClFN4O4/c1-29-18-12(10-24)7-13(22)9-14(18)19(28)25-16-8-11(4-5-15(16)23)20-26-27-21(31-20)17-3-2-6-30-17/h2-9H,1H3,(H,25,28). The molecular formula is C21H12ClFN4O4. The highest BCUT2D eigenvalue weighted by Crippen LogP contribution is 2.30. The first-order chi connectivity index (χ1) is 15.0. The van der Waals surface area contributed by atoms with Crippen LogP contribution in [0.3, 0.4) is 0 Å². The molecule has 0 radical (unpaired) electrons. The lowest BCUT2D eigenvalue weighted by molar-refractivity contribution is 0.102. The van der Waals surface area contributed by atoms with Crippen LogP contribution in [0.1, 0.15) is 15.9 Å². The van der Waals surface area contributed by atoms with Crippen LogP contribution in [0.15, 0.2) is 57.6 Å². The molecule has 0 fully saturated rings. The summed E-state index contributed by atoms with van der Waals surface area (Å²) in [5.74, 6) is -0.730. The zero-order valence-corrected chi connectivity index (χ0v) is 16.6. The van der Waals surface area contributed by atoms with Crippen molar-refractivity contribution in [3.63, 3.8) is 0 Å². The monoisotopic (exact) mass is 438 g/mol. The molecule has 0 saturated heterocycles. The second-order valence-electron chi connectivity index (χ2n) is 6.18. The van der Waals surface area contributed by atoms with E-state index in [0.29, 0.717) is 11.3 Å². The van der Waals surface area contributed by atoms with Crippen molar-refractivity contribution in [3.05, 3.63) is 70.7 Å². The highest BCUT2D eigenvalue weighted by Gasteiger charge is 2.20. The molecule has 0 atom stereocenters. The fourth-order valence-electron chi connectivity index (χ4n) is 2.85. The fraction of sp³-hybridized carbons (Fsp3) is 0.0476. The van der Waals surface area contributed by atoms with Crippen molar-refractivity contribution in [2.75, 3.05) is 12.4 Å². The molecule has 4 aromatic rings. The van der Waals surface area contributed by atoms with Crippen LogP contribution in [-0.4, -0.2) is 23.2 Å². The number of anilines is 1. The molecule has 2 heterocycles. The second kappa shape index (κ2) is 8.30. The number of ether oxygens (including phenoxy) is 1. The van der Waals surface area contributed by atoms with E-state index in [-0.39, 0.29) is 39.4 Å². The number of aromatic nitrogens is 2. The number of rotatable bonds is 5. The Bertz CT molecular complexity index is 1310. The third-order valence-corrected chi connectivity index (χ3v) is 4.46. The lowest BCUT2D eigenvalue weighted by Gasteiger charge is -2.12. The number of furan rings is 1. The summed E-state index contributed by atoms with van der Waals surface area (Å²) in [5, 5.41) is 19.7. The van der Waals surface area contributed by atoms with Gasteiger partial charge in [-0.25, -0.2) is 4.39 Å². The van der Waals surface area contributed by atoms with Crippen LogP contribution < -0.4 is 10.1 Å². The van der Waals surface area contributed by atoms with E-state index in [0.717, 1.165) is 6.07 Å². The lowest BCUT2D eigenvalue weighted by Crippen LogP contribution is -2.15. The minimum atomic E-state index is -0.714. The van der Waals surface area contributed by atoms with Gasteiger partial charge in [-0.05, 0) is 42.5 Å². The van der Waals surface area contributed by atoms with Gasteiger partial charge in [0.1, 0.15) is 17.6 Å². The first-order valence-electron chi connectivity index (χ1n) is 8.76. The van der Waals surface area contributed by atoms with E-state index in [4.69, 9.17) is 25.2 Å². The van der Waals surface area contributed by atoms with Crippen molar-refractivity contribution in [3.8, 4) is 34.9 Å². The summed E-state index contributed by atoms with van der Waals surface area (Å²) in [4.78, 5) is 12.8. The second-order valence-corrected chi connectivity index (χ2v) is 6.62. The number of amides is 1. The first-order valence-corrected chi connectivity index (χ1v) is 9.14. The van der Waals surface area contributed by atoms with Crippen LogP contribution >= 0.6 is 11.6 Å². The number of hydrogen-bond donors (Lipinski definition) is 1. The van der Waals surface area contributed by atoms with Crippen LogP contribution in [0.25, 0.3) is 23.1 Å². The molecule has 1 N–H and O–H groups in total. The smallest absolute Gasteiger partial charge is 0.283 e. The van der Waals surface area contributed by atoms with E-state index in [1.807, 2.05) is 6.07 Å². The van der Waals surface area contributed by atoms with Gasteiger partial charge in [0.05, 0.1) is 30.2 Å². The molecule has 4 rings (SSSR count). The van der Waals surface area contributed by atoms with Gasteiger partial charge in [0.15, 0.2) is 5.76 Å². The predicted octanol–water partition coefficient (Wildman–Crippen LogP) is 4.92. The van der Waals surface area contributed by atoms with Gasteiger partial charge in [-0.3, -0.25) is 4.79 Å². The molecule has 0 spiro atoms. The van der Waals surface area contributed by atoms with Crippen LogP contribution in [-0.2, 0) is 0 Å². The normalized spacial score (nSPS) is 10.5. The van der Waals surface area contributed by atoms with E-state index < -0.39 is 11.7 Å². The van der Waals surface area contributed by atoms with E-state index >= 15 is 0 Å². The number of carbonyl (C=O) groups excluding carboxylic acids is 1. The van der Waals surface area contributed by atoms with Gasteiger partial charge < -0.3 is 18.9 Å². The fourth-order valence-corrected chi connectivity index (χ4v) is 3.07. The minimum Gasteiger partial charge on any atom is -0.495 e. The molecule has 8 nitrogen and oxygen atoms in total. The Morgan fingerprint density at radius 1 is 1.23 bits per heavy atom. The molecule has 0 saturated carbocycles. The van der Waals surface area contributed by atoms with E-state index in [1.54, 1.807) is 12.1 Å². The van der Waals surface area contributed by atoms with Gasteiger partial charge >= 0.3 is 0 Å². The van der Waals surface area contributed by atoms with Gasteiger partial charge in [-0.15, -0.1) is 10.2 Å². The Balaban J connectivity index is 1.65. The van der Waals surface area contributed by atoms with Crippen molar-refractivity contribution in [1.29, 1.82) is 5.26 Å². The largest absolute Gasteiger partial charge is 0.495 e. The summed E-state index contributed by atoms with van der Waals surface area (Å²) >= 11 is 5.99. The molecule has 0 unspecified atom stereocenters. The third kappa shape index (κ3) is 3.97. The van der Waals surface area contributed by atoms with Crippen molar-refractivity contribution in [1.82, 2.24) is 10.2 Å². The maximum Gasteiger partial charge on any atom is 0.283 e. The topological polar surface area (TPSA) is 114 Å². The SMILES string of the molecule is COc1c(C#N)cc(Cl)cc1C(=O)Nc1cc(-c2nnc(-c3ccco3)o2)ccc1F. The average Bonchev–Trinajstić information content (AvgIpc) is 3.46. The molecule has 2 aromatic carbocycles. The van der Waals surface area contributed by atoms with Crippen molar-refractivity contribution in [2.45, 2.75) is 0 Å². The lowest BCUT2D eigenvalue weighted by atomic mass is 10.1. The Kier molecular flexibility index (Phi) is 5.39. The van der Waals surface area contributed by atoms with Crippen LogP contribution in [0.4, 0.5) is 10.1 Å². The third-order valence-electron chi connectivity index (χ3n) is 4.24. The summed E-state index contributed by atoms with van der Waals surface area (Å²) in [6.45, 7) is 0. The van der Waals surface area contributed by atoms with E-state index in [1.165, 1.54) is 37.6 Å². The highest BCUT2D eigenvalue weighted by molar-refractivity contribution is 6.31. The minimum absolute atomic E-state index is 0.0192. The summed E-state index contributed by atoms with van der Waals surface area (Å²) in [7, 11) is 1.31. The van der Waals surface area contributed by atoms with Gasteiger partial charge in [0.25, 0.3) is 11.8 Å². The zero-order valence-electron chi connectivity index (χ0n) is 15.8. The Morgan fingerprint density at radius 3 is 2.74 bits per heavy atom. The molecule has 31 heavy (non-hydrogen) atoms. The molecule has 0 aliphatic carbocycles. The molecule has 154 valence electrons. The zero-order chi connectivity index (χ0) is 22.0. The number of nitrogens with one attached hydrogen (secondary N) is 1. The first kappa shape index (κ1) is 20.1. The quantitative estimate of drug-likeness (QED) is 0.470. The molecule has 1 amide bonds. The summed E-state index contributed by atoms with van der Waals surface area (Å²) in [6.07, 6.45) is 1.46. The number of halogens is 2. The Morgan fingerprint density at radius 2 is 2.03 bits per heavy atom. The molecule has 0 aliphatic rings. The van der Waals surface area contributed by atoms with E-state index in [2.05, 4.69) is 15.5 Å². The Labute approximate surface area is 179 Å². The molecule has 2 aromatic heterocycles. The number of benzene rings is 2. The maximum absolute atomic E-state index is 14.4. The number of nitrogens with zero attached hydrogens (tertiary/aromatic N) is 3. The summed E-state index contributed by atoms with van der Waals surface area (Å²) in [6, 6.07) is 11.8. The summed E-state index contributed by atoms with van der Waals surface area (Å²) in [5.41, 5.74) is 0.290. The van der Waals surface area contributed by atoms with Gasteiger partial charge in [-0.1, -0.05) is 11.6 Å². The van der Waals surface area contributed by atoms with Crippen molar-refractivity contribution >= 4 is 23.2 Å². The molecule has 0 bridgehead atoms. The number of methoxy groups -OCH3 is 1. The van der Waals surface area contributed by atoms with Crippen molar-refractivity contribution < 1.29 is 22.8 Å². The molecule has 0 aliphatic heterocycles. The number of hydrogen-bond acceptors (Lipinski definition) is 7. The van der Waals surface area contributed by atoms with Crippen molar-refractivity contribution in [2.24, 2.45) is 0 Å². The van der Waals surface area contributed by atoms with Crippen LogP contribution in [0.2, 0.25) is 5.02 Å². The van der Waals surface area contributed by atoms with Crippen LogP contribution in [0.5, 0.6) is 5.75 Å². The van der Waals surface area contributed by atoms with Crippen LogP contribution in [0, 0.1) is 17.1 Å². The maximum atomic E-state index is 14.4. The van der Waals surface area contributed by atoms with E-state index in [9.17, 15) is 14.4 Å². The van der Waals surface area contributed by atoms with Gasteiger partial charge in [-0.2, -0.15) is 5.26 Å². The van der Waals surface area contributed by atoms with Gasteiger partial charge in [0, 0.05) is 10.6 Å². The number of nitriles is 1. The Hall–Kier alpha value is -4.16. The average molecular weight is 439 g/mol. The highest BCUT2D eigenvalue weighted by atomic mass is 35.5. The summed E-state index contributed by atoms with van der Waals surface area (Å²) < 4.78 is 30.3. The number of carbonyl (C=O) groups is 1. The van der Waals surface area contributed by atoms with Gasteiger partial charge in [0.2, 0.25) is 5.89 Å².